The molecule has 0 atom stereocenters. The lowest BCUT2D eigenvalue weighted by atomic mass is 10.3. The highest BCUT2D eigenvalue weighted by Gasteiger charge is 2.01. The molecule has 0 spiro atoms. The Morgan fingerprint density at radius 1 is 1.73 bits per heavy atom. The quantitative estimate of drug-likeness (QED) is 0.218. The van der Waals surface area contributed by atoms with Crippen molar-refractivity contribution in [1.82, 2.24) is 0 Å². The Balaban J connectivity index is 4.00. The van der Waals surface area contributed by atoms with Gasteiger partial charge in [0.2, 0.25) is 0 Å². The van der Waals surface area contributed by atoms with Gasteiger partial charge in [-0.1, -0.05) is 5.16 Å². The molecule has 0 saturated heterocycles. The van der Waals surface area contributed by atoms with Crippen molar-refractivity contribution < 1.29 is 14.7 Å². The van der Waals surface area contributed by atoms with Crippen LogP contribution in [0.1, 0.15) is 13.8 Å². The molecule has 4 heteroatoms. The van der Waals surface area contributed by atoms with Crippen LogP contribution < -0.4 is 0 Å². The van der Waals surface area contributed by atoms with Crippen LogP contribution >= 0.6 is 0 Å². The summed E-state index contributed by atoms with van der Waals surface area (Å²) in [4.78, 5) is 10.8. The molecule has 0 heterocycles. The summed E-state index contributed by atoms with van der Waals surface area (Å²) in [5, 5.41) is 10.7. The molecule has 0 radical (unpaired) electrons. The van der Waals surface area contributed by atoms with E-state index in [-0.39, 0.29) is 0 Å². The van der Waals surface area contributed by atoms with Crippen LogP contribution in [0.4, 0.5) is 0 Å². The largest absolute Gasteiger partial charge is 0.463 e. The molecule has 0 aromatic carbocycles. The number of carbonyl (C=O) groups is 1. The van der Waals surface area contributed by atoms with Gasteiger partial charge in [-0.3, -0.25) is 0 Å². The van der Waals surface area contributed by atoms with Crippen molar-refractivity contribution in [3.05, 3.63) is 11.6 Å². The first-order valence-electron chi connectivity index (χ1n) is 3.23. The van der Waals surface area contributed by atoms with E-state index >= 15 is 0 Å². The Kier molecular flexibility index (Phi) is 4.81. The van der Waals surface area contributed by atoms with E-state index in [9.17, 15) is 4.79 Å². The van der Waals surface area contributed by atoms with Crippen LogP contribution in [0.3, 0.4) is 0 Å². The van der Waals surface area contributed by atoms with Gasteiger partial charge in [-0.05, 0) is 19.9 Å². The second-order valence-corrected chi connectivity index (χ2v) is 1.83. The van der Waals surface area contributed by atoms with Crippen LogP contribution in [-0.4, -0.2) is 24.0 Å². The van der Waals surface area contributed by atoms with Gasteiger partial charge in [0.25, 0.3) is 0 Å². The third-order valence-corrected chi connectivity index (χ3v) is 0.989. The van der Waals surface area contributed by atoms with Crippen molar-refractivity contribution in [3.8, 4) is 0 Å². The lowest BCUT2D eigenvalue weighted by molar-refractivity contribution is -0.138. The first kappa shape index (κ1) is 9.68. The summed E-state index contributed by atoms with van der Waals surface area (Å²) in [6.07, 6.45) is 2.49. The molecular weight excluding hydrogens is 146 g/mol. The molecule has 0 unspecified atom stereocenters. The van der Waals surface area contributed by atoms with Gasteiger partial charge in [-0.2, -0.15) is 0 Å². The Morgan fingerprint density at radius 3 is 2.82 bits per heavy atom. The minimum absolute atomic E-state index is 0.348. The van der Waals surface area contributed by atoms with Crippen molar-refractivity contribution in [1.29, 1.82) is 0 Å². The molecule has 0 aliphatic rings. The molecule has 0 aliphatic carbocycles. The van der Waals surface area contributed by atoms with Crippen molar-refractivity contribution in [2.45, 2.75) is 13.8 Å². The summed E-state index contributed by atoms with van der Waals surface area (Å²) in [6, 6.07) is 0. The Morgan fingerprint density at radius 2 is 2.36 bits per heavy atom. The van der Waals surface area contributed by atoms with E-state index in [0.717, 1.165) is 6.21 Å². The lowest BCUT2D eigenvalue weighted by Gasteiger charge is -1.98. The summed E-state index contributed by atoms with van der Waals surface area (Å²) >= 11 is 0. The summed E-state index contributed by atoms with van der Waals surface area (Å²) < 4.78 is 4.65. The molecule has 0 aromatic rings. The Bertz CT molecular complexity index is 184. The molecule has 0 fully saturated rings. The maximum atomic E-state index is 10.8. The summed E-state index contributed by atoms with van der Waals surface area (Å²) in [6.45, 7) is 3.66. The zero-order chi connectivity index (χ0) is 8.69. The van der Waals surface area contributed by atoms with Gasteiger partial charge in [-0.25, -0.2) is 4.79 Å². The second-order valence-electron chi connectivity index (χ2n) is 1.83. The number of ether oxygens (including phenoxy) is 1. The van der Waals surface area contributed by atoms with E-state index in [0.29, 0.717) is 12.2 Å². The van der Waals surface area contributed by atoms with Crippen LogP contribution in [0.25, 0.3) is 0 Å². The fourth-order valence-corrected chi connectivity index (χ4v) is 0.458. The van der Waals surface area contributed by atoms with E-state index in [2.05, 4.69) is 9.89 Å². The van der Waals surface area contributed by atoms with Gasteiger partial charge >= 0.3 is 5.97 Å². The molecular formula is C7H11NO3. The number of oxime groups is 1. The van der Waals surface area contributed by atoms with E-state index < -0.39 is 5.97 Å². The van der Waals surface area contributed by atoms with Crippen molar-refractivity contribution in [3.63, 3.8) is 0 Å². The van der Waals surface area contributed by atoms with Gasteiger partial charge < -0.3 is 9.94 Å². The molecule has 0 aliphatic heterocycles. The Hall–Kier alpha value is -1.32. The highest BCUT2D eigenvalue weighted by Crippen LogP contribution is 1.94. The third-order valence-electron chi connectivity index (χ3n) is 0.989. The number of hydrogen-bond acceptors (Lipinski definition) is 4. The summed E-state index contributed by atoms with van der Waals surface area (Å²) in [5.74, 6) is -0.396. The van der Waals surface area contributed by atoms with Gasteiger partial charge in [0.05, 0.1) is 12.8 Å². The van der Waals surface area contributed by atoms with Crippen LogP contribution in [0.5, 0.6) is 0 Å². The number of hydrogen-bond donors (Lipinski definition) is 1. The average molecular weight is 157 g/mol. The molecule has 1 N–H and O–H groups in total. The zero-order valence-electron chi connectivity index (χ0n) is 6.57. The molecule has 11 heavy (non-hydrogen) atoms. The lowest BCUT2D eigenvalue weighted by Crippen LogP contribution is -2.04. The molecule has 0 saturated carbocycles. The number of rotatable bonds is 3. The summed E-state index contributed by atoms with van der Waals surface area (Å²) in [5.41, 5.74) is 0.407. The van der Waals surface area contributed by atoms with Crippen molar-refractivity contribution in [2.24, 2.45) is 5.16 Å². The number of carbonyl (C=O) groups excluding carboxylic acids is 1. The highest BCUT2D eigenvalue weighted by atomic mass is 16.5. The highest BCUT2D eigenvalue weighted by molar-refractivity contribution is 5.92. The smallest absolute Gasteiger partial charge is 0.333 e. The van der Waals surface area contributed by atoms with E-state index in [1.54, 1.807) is 13.8 Å². The van der Waals surface area contributed by atoms with Crippen LogP contribution in [-0.2, 0) is 9.53 Å². The molecule has 62 valence electrons. The molecule has 0 amide bonds. The van der Waals surface area contributed by atoms with Crippen molar-refractivity contribution >= 4 is 12.2 Å². The van der Waals surface area contributed by atoms with Crippen LogP contribution in [0.15, 0.2) is 16.8 Å². The third kappa shape index (κ3) is 4.13. The fourth-order valence-electron chi connectivity index (χ4n) is 0.458. The van der Waals surface area contributed by atoms with Gasteiger partial charge in [-0.15, -0.1) is 0 Å². The molecule has 0 aromatic heterocycles. The van der Waals surface area contributed by atoms with Crippen LogP contribution in [0, 0.1) is 0 Å². The SMILES string of the molecule is CCOC(=O)/C(C)=C/C=N/O. The van der Waals surface area contributed by atoms with E-state index in [1.165, 1.54) is 6.08 Å². The maximum Gasteiger partial charge on any atom is 0.333 e. The second kappa shape index (κ2) is 5.46. The maximum absolute atomic E-state index is 10.8. The normalized spacial score (nSPS) is 12.0. The predicted molar refractivity (Wildman–Crippen MR) is 40.7 cm³/mol. The average Bonchev–Trinajstić information content (AvgIpc) is 2.00. The number of esters is 1. The van der Waals surface area contributed by atoms with Gasteiger partial charge in [0.1, 0.15) is 0 Å². The molecule has 4 nitrogen and oxygen atoms in total. The first-order valence-corrected chi connectivity index (χ1v) is 3.23. The van der Waals surface area contributed by atoms with Crippen LogP contribution in [0.2, 0.25) is 0 Å². The Labute approximate surface area is 65.2 Å². The van der Waals surface area contributed by atoms with Gasteiger partial charge in [0, 0.05) is 5.57 Å². The molecule has 0 rings (SSSR count). The monoisotopic (exact) mass is 157 g/mol. The van der Waals surface area contributed by atoms with E-state index in [4.69, 9.17) is 5.21 Å². The van der Waals surface area contributed by atoms with Crippen molar-refractivity contribution in [2.75, 3.05) is 6.61 Å². The number of allylic oxidation sites excluding steroid dienone is 1. The summed E-state index contributed by atoms with van der Waals surface area (Å²) in [7, 11) is 0. The van der Waals surface area contributed by atoms with Gasteiger partial charge in [0.15, 0.2) is 0 Å². The minimum atomic E-state index is -0.396. The predicted octanol–water partition coefficient (Wildman–Crippen LogP) is 0.956. The van der Waals surface area contributed by atoms with E-state index in [1.807, 2.05) is 0 Å². The minimum Gasteiger partial charge on any atom is -0.463 e. The standard InChI is InChI=1S/C7H11NO3/c1-3-11-7(9)6(2)4-5-8-10/h4-5,10H,3H2,1-2H3/b6-4+,8-5+. The number of nitrogens with zero attached hydrogens (tertiary/aromatic N) is 1. The zero-order valence-corrected chi connectivity index (χ0v) is 6.57. The topological polar surface area (TPSA) is 58.9 Å². The molecule has 0 bridgehead atoms. The first-order chi connectivity index (χ1) is 5.22. The fraction of sp³-hybridized carbons (Fsp3) is 0.429.